The van der Waals surface area contributed by atoms with Gasteiger partial charge in [0.1, 0.15) is 5.75 Å². The van der Waals surface area contributed by atoms with Crippen molar-refractivity contribution < 1.29 is 19.4 Å². The number of ether oxygens (including phenoxy) is 1. The normalized spacial score (nSPS) is 20.6. The summed E-state index contributed by atoms with van der Waals surface area (Å²) in [5.74, 6) is -0.269. The van der Waals surface area contributed by atoms with Crippen LogP contribution in [0, 0.1) is 11.3 Å². The summed E-state index contributed by atoms with van der Waals surface area (Å²) >= 11 is 0. The fraction of sp³-hybridized carbons (Fsp3) is 0.400. The first-order valence-corrected chi connectivity index (χ1v) is 8.76. The van der Waals surface area contributed by atoms with E-state index in [0.717, 1.165) is 22.9 Å². The molecule has 2 fully saturated rings. The highest BCUT2D eigenvalue weighted by Crippen LogP contribution is 2.63. The summed E-state index contributed by atoms with van der Waals surface area (Å²) < 4.78 is 5.36. The largest absolute Gasteiger partial charge is 0.481 e. The van der Waals surface area contributed by atoms with Crippen LogP contribution in [0.15, 0.2) is 36.4 Å². The lowest BCUT2D eigenvalue weighted by Gasteiger charge is -2.13. The number of anilines is 1. The molecule has 5 nitrogen and oxygen atoms in total. The van der Waals surface area contributed by atoms with E-state index in [4.69, 9.17) is 9.84 Å². The van der Waals surface area contributed by atoms with E-state index in [0.29, 0.717) is 5.75 Å². The average molecular weight is 339 g/mol. The van der Waals surface area contributed by atoms with Crippen molar-refractivity contribution in [1.82, 2.24) is 0 Å². The second-order valence-electron chi connectivity index (χ2n) is 7.15. The molecule has 4 rings (SSSR count). The molecule has 2 aromatic carbocycles. The molecule has 0 saturated heterocycles. The number of carbonyl (C=O) groups excluding carboxylic acids is 1. The van der Waals surface area contributed by atoms with Crippen molar-refractivity contribution in [2.75, 3.05) is 11.9 Å². The Morgan fingerprint density at radius 2 is 1.84 bits per heavy atom. The molecule has 1 atom stereocenters. The highest BCUT2D eigenvalue weighted by molar-refractivity contribution is 6.05. The summed E-state index contributed by atoms with van der Waals surface area (Å²) in [6.45, 7) is -0.389. The molecule has 0 aliphatic heterocycles. The van der Waals surface area contributed by atoms with Gasteiger partial charge in [-0.1, -0.05) is 37.1 Å². The van der Waals surface area contributed by atoms with Crippen LogP contribution in [-0.4, -0.2) is 23.6 Å². The molecule has 0 heterocycles. The molecule has 130 valence electrons. The number of carboxylic acids is 1. The minimum Gasteiger partial charge on any atom is -0.481 e. The molecular formula is C20H21NO4. The van der Waals surface area contributed by atoms with Gasteiger partial charge in [-0.25, -0.2) is 4.79 Å². The second-order valence-corrected chi connectivity index (χ2v) is 7.15. The maximum atomic E-state index is 12.7. The number of carboxylic acid groups (broad SMARTS) is 1. The van der Waals surface area contributed by atoms with Gasteiger partial charge in [-0.3, -0.25) is 4.79 Å². The van der Waals surface area contributed by atoms with Crippen LogP contribution in [0.2, 0.25) is 0 Å². The zero-order valence-corrected chi connectivity index (χ0v) is 14.0. The topological polar surface area (TPSA) is 75.6 Å². The minimum absolute atomic E-state index is 0.103. The molecule has 25 heavy (non-hydrogen) atoms. The Labute approximate surface area is 146 Å². The summed E-state index contributed by atoms with van der Waals surface area (Å²) in [5.41, 5.74) is 1.02. The van der Waals surface area contributed by atoms with Crippen LogP contribution in [-0.2, 0) is 9.59 Å². The monoisotopic (exact) mass is 339 g/mol. The van der Waals surface area contributed by atoms with Crippen LogP contribution >= 0.6 is 0 Å². The van der Waals surface area contributed by atoms with E-state index in [1.54, 1.807) is 12.1 Å². The Morgan fingerprint density at radius 3 is 2.56 bits per heavy atom. The highest BCUT2D eigenvalue weighted by Gasteiger charge is 2.58. The number of rotatable bonds is 5. The summed E-state index contributed by atoms with van der Waals surface area (Å²) in [7, 11) is 0. The van der Waals surface area contributed by atoms with Crippen LogP contribution in [0.4, 0.5) is 5.69 Å². The van der Waals surface area contributed by atoms with Crippen LogP contribution in [0.3, 0.4) is 0 Å². The summed E-state index contributed by atoms with van der Waals surface area (Å²) in [4.78, 5) is 23.4. The zero-order valence-electron chi connectivity index (χ0n) is 14.0. The van der Waals surface area contributed by atoms with Crippen molar-refractivity contribution in [3.8, 4) is 5.75 Å². The second kappa shape index (κ2) is 6.06. The van der Waals surface area contributed by atoms with Gasteiger partial charge in [0.2, 0.25) is 5.91 Å². The predicted octanol–water partition coefficient (Wildman–Crippen LogP) is 3.82. The summed E-state index contributed by atoms with van der Waals surface area (Å²) in [6.07, 6.45) is 5.84. The van der Waals surface area contributed by atoms with Gasteiger partial charge in [0.25, 0.3) is 0 Å². The molecule has 0 radical (unpaired) electrons. The first-order chi connectivity index (χ1) is 12.1. The standard InChI is InChI=1S/C20H21NO4/c22-18(23)12-25-17-8-7-16(13-5-1-2-6-14(13)17)21-19(24)15-11-20(15)9-3-4-10-20/h1-2,5-8,15H,3-4,9-12H2,(H,21,24)(H,22,23). The lowest BCUT2D eigenvalue weighted by Crippen LogP contribution is -2.18. The number of hydrogen-bond donors (Lipinski definition) is 2. The molecule has 2 aromatic rings. The Kier molecular flexibility index (Phi) is 3.86. The molecule has 1 spiro atoms. The Hall–Kier alpha value is -2.56. The predicted molar refractivity (Wildman–Crippen MR) is 94.7 cm³/mol. The zero-order chi connectivity index (χ0) is 17.4. The van der Waals surface area contributed by atoms with Gasteiger partial charge in [0, 0.05) is 22.4 Å². The molecule has 2 N–H and O–H groups in total. The maximum Gasteiger partial charge on any atom is 0.341 e. The quantitative estimate of drug-likeness (QED) is 0.868. The van der Waals surface area contributed by atoms with E-state index in [1.165, 1.54) is 25.7 Å². The van der Waals surface area contributed by atoms with Crippen molar-refractivity contribution in [3.05, 3.63) is 36.4 Å². The Bertz CT molecular complexity index is 839. The first kappa shape index (κ1) is 15.9. The number of nitrogens with one attached hydrogen (secondary N) is 1. The van der Waals surface area contributed by atoms with Crippen molar-refractivity contribution in [3.63, 3.8) is 0 Å². The van der Waals surface area contributed by atoms with Gasteiger partial charge < -0.3 is 15.2 Å². The van der Waals surface area contributed by atoms with Gasteiger partial charge in [0.15, 0.2) is 6.61 Å². The molecule has 0 bridgehead atoms. The van der Waals surface area contributed by atoms with Gasteiger partial charge in [-0.05, 0) is 36.8 Å². The van der Waals surface area contributed by atoms with Gasteiger partial charge in [-0.2, -0.15) is 0 Å². The van der Waals surface area contributed by atoms with Gasteiger partial charge in [0.05, 0.1) is 0 Å². The molecule has 1 unspecified atom stereocenters. The summed E-state index contributed by atoms with van der Waals surface area (Å²) in [6, 6.07) is 11.1. The number of carbonyl (C=O) groups is 2. The molecule has 5 heteroatoms. The van der Waals surface area contributed by atoms with Gasteiger partial charge in [-0.15, -0.1) is 0 Å². The van der Waals surface area contributed by atoms with Crippen LogP contribution in [0.25, 0.3) is 10.8 Å². The highest BCUT2D eigenvalue weighted by atomic mass is 16.5. The lowest BCUT2D eigenvalue weighted by molar-refractivity contribution is -0.139. The lowest BCUT2D eigenvalue weighted by atomic mass is 10.0. The van der Waals surface area contributed by atoms with Crippen LogP contribution in [0.1, 0.15) is 32.1 Å². The van der Waals surface area contributed by atoms with Crippen molar-refractivity contribution >= 4 is 28.3 Å². The van der Waals surface area contributed by atoms with E-state index < -0.39 is 5.97 Å². The Morgan fingerprint density at radius 1 is 1.12 bits per heavy atom. The number of fused-ring (bicyclic) bond motifs is 1. The number of amides is 1. The van der Waals surface area contributed by atoms with E-state index >= 15 is 0 Å². The minimum atomic E-state index is -1.02. The molecule has 0 aromatic heterocycles. The molecule has 1 amide bonds. The van der Waals surface area contributed by atoms with E-state index in [-0.39, 0.29) is 23.8 Å². The van der Waals surface area contributed by atoms with E-state index in [1.807, 2.05) is 24.3 Å². The number of aliphatic carboxylic acids is 1. The van der Waals surface area contributed by atoms with E-state index in [2.05, 4.69) is 5.32 Å². The smallest absolute Gasteiger partial charge is 0.341 e. The number of hydrogen-bond acceptors (Lipinski definition) is 3. The Balaban J connectivity index is 1.57. The van der Waals surface area contributed by atoms with Gasteiger partial charge >= 0.3 is 5.97 Å². The maximum absolute atomic E-state index is 12.7. The third-order valence-electron chi connectivity index (χ3n) is 5.60. The molecular weight excluding hydrogens is 318 g/mol. The molecule has 2 saturated carbocycles. The average Bonchev–Trinajstić information content (AvgIpc) is 3.11. The van der Waals surface area contributed by atoms with Crippen LogP contribution < -0.4 is 10.1 Å². The van der Waals surface area contributed by atoms with Crippen molar-refractivity contribution in [2.45, 2.75) is 32.1 Å². The molecule has 2 aliphatic carbocycles. The molecule has 2 aliphatic rings. The SMILES string of the molecule is O=C(O)COc1ccc(NC(=O)C2CC23CCCC3)c2ccccc12. The fourth-order valence-corrected chi connectivity index (χ4v) is 4.22. The van der Waals surface area contributed by atoms with Crippen molar-refractivity contribution in [2.24, 2.45) is 11.3 Å². The third-order valence-corrected chi connectivity index (χ3v) is 5.60. The van der Waals surface area contributed by atoms with Crippen LogP contribution in [0.5, 0.6) is 5.75 Å². The first-order valence-electron chi connectivity index (χ1n) is 8.76. The number of benzene rings is 2. The summed E-state index contributed by atoms with van der Waals surface area (Å²) in [5, 5.41) is 13.5. The van der Waals surface area contributed by atoms with Crippen molar-refractivity contribution in [1.29, 1.82) is 0 Å². The fourth-order valence-electron chi connectivity index (χ4n) is 4.22. The third kappa shape index (κ3) is 2.95. The van der Waals surface area contributed by atoms with E-state index in [9.17, 15) is 9.59 Å².